The second-order valence-electron chi connectivity index (χ2n) is 6.81. The summed E-state index contributed by atoms with van der Waals surface area (Å²) in [6.45, 7) is 11.4. The summed E-state index contributed by atoms with van der Waals surface area (Å²) in [5.74, 6) is 1.01. The Kier molecular flexibility index (Phi) is 4.40. The maximum atomic E-state index is 6.30. The molecule has 108 valence electrons. The highest BCUT2D eigenvalue weighted by Gasteiger charge is 2.38. The fraction of sp³-hybridized carbons (Fsp3) is 0.412. The third-order valence-corrected chi connectivity index (χ3v) is 9.18. The van der Waals surface area contributed by atoms with Gasteiger partial charge in [-0.15, -0.1) is 0 Å². The van der Waals surface area contributed by atoms with E-state index in [9.17, 15) is 0 Å². The zero-order valence-electron chi connectivity index (χ0n) is 13.1. The zero-order valence-corrected chi connectivity index (χ0v) is 14.9. The molecule has 1 nitrogen and oxygen atoms in total. The van der Waals surface area contributed by atoms with Gasteiger partial charge in [0.1, 0.15) is 5.75 Å². The molecule has 3 heteroatoms. The third kappa shape index (κ3) is 3.74. The predicted molar refractivity (Wildman–Crippen MR) is 91.4 cm³/mol. The normalized spacial score (nSPS) is 12.4. The van der Waals surface area contributed by atoms with Crippen LogP contribution in [0.1, 0.15) is 31.9 Å². The third-order valence-electron chi connectivity index (χ3n) is 4.09. The molecule has 0 aliphatic carbocycles. The molecule has 0 aliphatic heterocycles. The molecule has 0 atom stereocenters. The molecular formula is C17H24OSSi. The average Bonchev–Trinajstić information content (AvgIpc) is 2.83. The van der Waals surface area contributed by atoms with Gasteiger partial charge in [0.05, 0.1) is 0 Å². The molecular weight excluding hydrogens is 280 g/mol. The molecule has 0 amide bonds. The molecule has 0 unspecified atom stereocenters. The van der Waals surface area contributed by atoms with Crippen LogP contribution in [0.2, 0.25) is 18.1 Å². The van der Waals surface area contributed by atoms with Crippen LogP contribution in [0.5, 0.6) is 5.75 Å². The molecule has 1 aromatic heterocycles. The van der Waals surface area contributed by atoms with E-state index in [2.05, 4.69) is 75.0 Å². The van der Waals surface area contributed by atoms with E-state index in [4.69, 9.17) is 4.43 Å². The Morgan fingerprint density at radius 1 is 1.00 bits per heavy atom. The summed E-state index contributed by atoms with van der Waals surface area (Å²) in [5.41, 5.74) is 2.72. The van der Waals surface area contributed by atoms with Crippen molar-refractivity contribution < 1.29 is 4.43 Å². The monoisotopic (exact) mass is 304 g/mol. The Morgan fingerprint density at radius 3 is 2.15 bits per heavy atom. The molecule has 0 saturated heterocycles. The van der Waals surface area contributed by atoms with E-state index in [-0.39, 0.29) is 5.04 Å². The van der Waals surface area contributed by atoms with Crippen molar-refractivity contribution in [1.82, 2.24) is 0 Å². The van der Waals surface area contributed by atoms with Gasteiger partial charge in [0.25, 0.3) is 0 Å². The lowest BCUT2D eigenvalue weighted by atomic mass is 10.1. The van der Waals surface area contributed by atoms with Gasteiger partial charge in [-0.2, -0.15) is 11.3 Å². The molecule has 0 fully saturated rings. The summed E-state index contributed by atoms with van der Waals surface area (Å²) in [6.07, 6.45) is 1.00. The Labute approximate surface area is 127 Å². The Balaban J connectivity index is 2.05. The summed E-state index contributed by atoms with van der Waals surface area (Å²) < 4.78 is 6.30. The second-order valence-corrected chi connectivity index (χ2v) is 12.3. The number of hydrogen-bond donors (Lipinski definition) is 0. The summed E-state index contributed by atoms with van der Waals surface area (Å²) >= 11 is 1.75. The molecule has 1 heterocycles. The maximum Gasteiger partial charge on any atom is 0.250 e. The molecule has 0 saturated carbocycles. The highest BCUT2D eigenvalue weighted by atomic mass is 32.1. The average molecular weight is 305 g/mol. The molecule has 2 rings (SSSR count). The number of rotatable bonds is 4. The minimum Gasteiger partial charge on any atom is -0.544 e. The SMILES string of the molecule is CC(C)(C)[Si](C)(C)Oc1ccc(Cc2ccsc2)cc1. The molecule has 0 aliphatic rings. The molecule has 0 radical (unpaired) electrons. The van der Waals surface area contributed by atoms with Crippen LogP contribution in [0.15, 0.2) is 41.1 Å². The van der Waals surface area contributed by atoms with Gasteiger partial charge in [0, 0.05) is 0 Å². The van der Waals surface area contributed by atoms with Crippen molar-refractivity contribution >= 4 is 19.7 Å². The van der Waals surface area contributed by atoms with Crippen molar-refractivity contribution in [3.8, 4) is 5.75 Å². The van der Waals surface area contributed by atoms with Gasteiger partial charge >= 0.3 is 0 Å². The topological polar surface area (TPSA) is 9.23 Å². The largest absolute Gasteiger partial charge is 0.544 e. The highest BCUT2D eigenvalue weighted by molar-refractivity contribution is 7.07. The van der Waals surface area contributed by atoms with Gasteiger partial charge in [-0.3, -0.25) is 0 Å². The van der Waals surface area contributed by atoms with Crippen LogP contribution >= 0.6 is 11.3 Å². The van der Waals surface area contributed by atoms with Crippen LogP contribution in [0.25, 0.3) is 0 Å². The molecule has 0 bridgehead atoms. The van der Waals surface area contributed by atoms with Gasteiger partial charge in [0.15, 0.2) is 0 Å². The summed E-state index contributed by atoms with van der Waals surface area (Å²) in [5, 5.41) is 4.58. The Bertz CT molecular complexity index is 535. The number of benzene rings is 1. The van der Waals surface area contributed by atoms with Crippen LogP contribution in [0.3, 0.4) is 0 Å². The number of hydrogen-bond acceptors (Lipinski definition) is 2. The first-order valence-corrected chi connectivity index (χ1v) is 10.9. The summed E-state index contributed by atoms with van der Waals surface area (Å²) in [6, 6.07) is 10.8. The van der Waals surface area contributed by atoms with Crippen molar-refractivity contribution in [3.05, 3.63) is 52.2 Å². The van der Waals surface area contributed by atoms with E-state index in [0.717, 1.165) is 12.2 Å². The fourth-order valence-electron chi connectivity index (χ4n) is 1.75. The van der Waals surface area contributed by atoms with Gasteiger partial charge in [-0.25, -0.2) is 0 Å². The Morgan fingerprint density at radius 2 is 1.65 bits per heavy atom. The van der Waals surface area contributed by atoms with Crippen molar-refractivity contribution in [1.29, 1.82) is 0 Å². The first-order valence-electron chi connectivity index (χ1n) is 7.07. The molecule has 1 aromatic carbocycles. The fourth-order valence-corrected chi connectivity index (χ4v) is 3.45. The van der Waals surface area contributed by atoms with E-state index in [1.165, 1.54) is 11.1 Å². The van der Waals surface area contributed by atoms with Crippen molar-refractivity contribution in [2.75, 3.05) is 0 Å². The molecule has 2 aromatic rings. The lowest BCUT2D eigenvalue weighted by molar-refractivity contribution is 0.492. The van der Waals surface area contributed by atoms with Crippen LogP contribution in [-0.2, 0) is 6.42 Å². The first kappa shape index (κ1) is 15.3. The Hall–Kier alpha value is -1.06. The number of thiophene rings is 1. The van der Waals surface area contributed by atoms with E-state index >= 15 is 0 Å². The van der Waals surface area contributed by atoms with E-state index < -0.39 is 8.32 Å². The van der Waals surface area contributed by atoms with Crippen LogP contribution in [0, 0.1) is 0 Å². The van der Waals surface area contributed by atoms with E-state index in [1.807, 2.05) is 0 Å². The quantitative estimate of drug-likeness (QED) is 0.656. The van der Waals surface area contributed by atoms with Crippen molar-refractivity contribution in [2.24, 2.45) is 0 Å². The van der Waals surface area contributed by atoms with Gasteiger partial charge in [0.2, 0.25) is 8.32 Å². The van der Waals surface area contributed by atoms with Crippen LogP contribution in [-0.4, -0.2) is 8.32 Å². The van der Waals surface area contributed by atoms with Crippen LogP contribution in [0.4, 0.5) is 0 Å². The van der Waals surface area contributed by atoms with Gasteiger partial charge in [-0.05, 0) is 64.6 Å². The predicted octanol–water partition coefficient (Wildman–Crippen LogP) is 5.72. The standard InChI is InChI=1S/C17H24OSSi/c1-17(2,3)20(4,5)18-16-8-6-14(7-9-16)12-15-10-11-19-13-15/h6-11,13H,12H2,1-5H3. The highest BCUT2D eigenvalue weighted by Crippen LogP contribution is 2.37. The van der Waals surface area contributed by atoms with Gasteiger partial charge in [-0.1, -0.05) is 32.9 Å². The smallest absolute Gasteiger partial charge is 0.250 e. The van der Waals surface area contributed by atoms with Gasteiger partial charge < -0.3 is 4.43 Å². The molecule has 20 heavy (non-hydrogen) atoms. The second kappa shape index (κ2) is 5.74. The van der Waals surface area contributed by atoms with Crippen LogP contribution < -0.4 is 4.43 Å². The lowest BCUT2D eigenvalue weighted by Crippen LogP contribution is -2.43. The minimum absolute atomic E-state index is 0.238. The van der Waals surface area contributed by atoms with E-state index in [1.54, 1.807) is 11.3 Å². The summed E-state index contributed by atoms with van der Waals surface area (Å²) in [4.78, 5) is 0. The maximum absolute atomic E-state index is 6.30. The summed E-state index contributed by atoms with van der Waals surface area (Å²) in [7, 11) is -1.72. The molecule has 0 N–H and O–H groups in total. The minimum atomic E-state index is -1.72. The van der Waals surface area contributed by atoms with E-state index in [0.29, 0.717) is 0 Å². The van der Waals surface area contributed by atoms with Crippen molar-refractivity contribution in [2.45, 2.75) is 45.3 Å². The zero-order chi connectivity index (χ0) is 14.8. The van der Waals surface area contributed by atoms with Crippen molar-refractivity contribution in [3.63, 3.8) is 0 Å². The first-order chi connectivity index (χ1) is 9.28. The lowest BCUT2D eigenvalue weighted by Gasteiger charge is -2.36. The molecule has 0 spiro atoms.